The third-order valence-electron chi connectivity index (χ3n) is 2.60. The number of thioether (sulfide) groups is 1. The van der Waals surface area contributed by atoms with E-state index in [4.69, 9.17) is 4.74 Å². The van der Waals surface area contributed by atoms with E-state index in [1.165, 1.54) is 31.4 Å². The van der Waals surface area contributed by atoms with Crippen LogP contribution in [0, 0.1) is 0 Å². The molecule has 0 radical (unpaired) electrons. The minimum absolute atomic E-state index is 0.677. The first-order valence-electron chi connectivity index (χ1n) is 4.13. The van der Waals surface area contributed by atoms with Crippen LogP contribution in [-0.4, -0.2) is 23.7 Å². The number of hydrogen-bond donors (Lipinski definition) is 0. The normalized spacial score (nSPS) is 31.2. The molecule has 1 spiro atoms. The second kappa shape index (κ2) is 2.74. The lowest BCUT2D eigenvalue weighted by Gasteiger charge is -2.40. The number of hydrogen-bond acceptors (Lipinski definition) is 2. The molecule has 1 nitrogen and oxygen atoms in total. The van der Waals surface area contributed by atoms with Gasteiger partial charge in [0.1, 0.15) is 0 Å². The highest BCUT2D eigenvalue weighted by Gasteiger charge is 2.37. The van der Waals surface area contributed by atoms with E-state index < -0.39 is 0 Å². The van der Waals surface area contributed by atoms with Crippen LogP contribution in [0.15, 0.2) is 0 Å². The third kappa shape index (κ3) is 1.19. The zero-order valence-electron chi connectivity index (χ0n) is 6.27. The molecule has 0 aromatic heterocycles. The zero-order chi connectivity index (χ0) is 6.86. The summed E-state index contributed by atoms with van der Waals surface area (Å²) in [7, 11) is 0. The molecular weight excluding hydrogens is 144 g/mol. The quantitative estimate of drug-likeness (QED) is 0.533. The van der Waals surface area contributed by atoms with Crippen molar-refractivity contribution in [3.8, 4) is 0 Å². The summed E-state index contributed by atoms with van der Waals surface area (Å²) in [6.07, 6.45) is 5.65. The lowest BCUT2D eigenvalue weighted by atomic mass is 9.82. The molecule has 0 unspecified atom stereocenters. The van der Waals surface area contributed by atoms with Crippen LogP contribution in [0.5, 0.6) is 0 Å². The Kier molecular flexibility index (Phi) is 1.92. The summed E-state index contributed by atoms with van der Waals surface area (Å²) in [4.78, 5) is 0. The van der Waals surface area contributed by atoms with Gasteiger partial charge in [-0.3, -0.25) is 0 Å². The van der Waals surface area contributed by atoms with Crippen molar-refractivity contribution in [1.82, 2.24) is 0 Å². The minimum Gasteiger partial charge on any atom is -0.381 e. The summed E-state index contributed by atoms with van der Waals surface area (Å²) in [6.45, 7) is 1.99. The molecule has 2 aliphatic rings. The molecule has 0 amide bonds. The van der Waals surface area contributed by atoms with Gasteiger partial charge >= 0.3 is 0 Å². The first-order chi connectivity index (χ1) is 4.91. The van der Waals surface area contributed by atoms with Gasteiger partial charge in [0.25, 0.3) is 0 Å². The molecule has 0 N–H and O–H groups in total. The smallest absolute Gasteiger partial charge is 0.0556 e. The predicted molar refractivity (Wildman–Crippen MR) is 44.5 cm³/mol. The topological polar surface area (TPSA) is 9.23 Å². The van der Waals surface area contributed by atoms with Crippen molar-refractivity contribution < 1.29 is 4.74 Å². The molecule has 0 bridgehead atoms. The van der Waals surface area contributed by atoms with Gasteiger partial charge in [0.15, 0.2) is 0 Å². The van der Waals surface area contributed by atoms with E-state index >= 15 is 0 Å². The van der Waals surface area contributed by atoms with Gasteiger partial charge in [-0.2, -0.15) is 11.8 Å². The third-order valence-corrected chi connectivity index (χ3v) is 4.20. The lowest BCUT2D eigenvalue weighted by Crippen LogP contribution is -2.33. The van der Waals surface area contributed by atoms with E-state index in [1.807, 2.05) is 0 Å². The van der Waals surface area contributed by atoms with Crippen LogP contribution >= 0.6 is 11.8 Å². The van der Waals surface area contributed by atoms with E-state index in [1.54, 1.807) is 0 Å². The van der Waals surface area contributed by atoms with Crippen molar-refractivity contribution in [2.75, 3.05) is 19.0 Å². The Balaban J connectivity index is 1.92. The fraction of sp³-hybridized carbons (Fsp3) is 1.00. The van der Waals surface area contributed by atoms with Crippen LogP contribution in [0.1, 0.15) is 25.7 Å². The highest BCUT2D eigenvalue weighted by atomic mass is 32.2. The molecule has 0 atom stereocenters. The standard InChI is InChI=1S/C8H14OS/c1-2-8(3-1)4-5-9-6-7-10-8/h1-7H2. The molecule has 2 rings (SSSR count). The van der Waals surface area contributed by atoms with Crippen molar-refractivity contribution in [1.29, 1.82) is 0 Å². The van der Waals surface area contributed by atoms with Crippen LogP contribution in [0.25, 0.3) is 0 Å². The molecule has 0 aromatic carbocycles. The summed E-state index contributed by atoms with van der Waals surface area (Å²) in [6, 6.07) is 0. The number of rotatable bonds is 0. The fourth-order valence-electron chi connectivity index (χ4n) is 1.71. The van der Waals surface area contributed by atoms with E-state index in [9.17, 15) is 0 Å². The van der Waals surface area contributed by atoms with E-state index in [2.05, 4.69) is 11.8 Å². The van der Waals surface area contributed by atoms with Crippen molar-refractivity contribution in [3.63, 3.8) is 0 Å². The summed E-state index contributed by atoms with van der Waals surface area (Å²) < 4.78 is 6.08. The largest absolute Gasteiger partial charge is 0.381 e. The Morgan fingerprint density at radius 2 is 2.00 bits per heavy atom. The maximum atomic E-state index is 5.40. The Labute approximate surface area is 66.5 Å². The Morgan fingerprint density at radius 3 is 2.70 bits per heavy atom. The molecule has 2 heteroatoms. The maximum Gasteiger partial charge on any atom is 0.0556 e. The number of ether oxygens (including phenoxy) is 1. The van der Waals surface area contributed by atoms with Crippen molar-refractivity contribution in [2.24, 2.45) is 0 Å². The SMILES string of the molecule is C1CC2(C1)CCOCCS2. The van der Waals surface area contributed by atoms with Gasteiger partial charge in [-0.25, -0.2) is 0 Å². The van der Waals surface area contributed by atoms with Crippen molar-refractivity contribution >= 4 is 11.8 Å². The summed E-state index contributed by atoms with van der Waals surface area (Å²) >= 11 is 2.15. The van der Waals surface area contributed by atoms with Gasteiger partial charge in [0.2, 0.25) is 0 Å². The summed E-state index contributed by atoms with van der Waals surface area (Å²) in [5.74, 6) is 1.22. The first-order valence-corrected chi connectivity index (χ1v) is 5.12. The summed E-state index contributed by atoms with van der Waals surface area (Å²) in [5.41, 5.74) is 0. The molecule has 1 saturated heterocycles. The molecule has 10 heavy (non-hydrogen) atoms. The van der Waals surface area contributed by atoms with Crippen molar-refractivity contribution in [2.45, 2.75) is 30.4 Å². The van der Waals surface area contributed by atoms with E-state index in [0.717, 1.165) is 13.2 Å². The van der Waals surface area contributed by atoms with Gasteiger partial charge in [0.05, 0.1) is 6.61 Å². The van der Waals surface area contributed by atoms with Gasteiger partial charge in [-0.1, -0.05) is 6.42 Å². The molecule has 1 heterocycles. The van der Waals surface area contributed by atoms with Gasteiger partial charge in [-0.15, -0.1) is 0 Å². The molecular formula is C8H14OS. The van der Waals surface area contributed by atoms with E-state index in [0.29, 0.717) is 4.75 Å². The Hall–Kier alpha value is 0.310. The van der Waals surface area contributed by atoms with Gasteiger partial charge in [-0.05, 0) is 19.3 Å². The Bertz CT molecular complexity index is 110. The monoisotopic (exact) mass is 158 g/mol. The minimum atomic E-state index is 0.677. The second-order valence-electron chi connectivity index (χ2n) is 3.25. The first kappa shape index (κ1) is 6.99. The Morgan fingerprint density at radius 1 is 1.10 bits per heavy atom. The summed E-state index contributed by atoms with van der Waals surface area (Å²) in [5, 5.41) is 0. The average Bonchev–Trinajstić information content (AvgIpc) is 2.08. The van der Waals surface area contributed by atoms with Gasteiger partial charge < -0.3 is 4.74 Å². The van der Waals surface area contributed by atoms with Crippen LogP contribution in [0.4, 0.5) is 0 Å². The zero-order valence-corrected chi connectivity index (χ0v) is 7.08. The predicted octanol–water partition coefficient (Wildman–Crippen LogP) is 2.06. The molecule has 2 fully saturated rings. The fourth-order valence-corrected chi connectivity index (χ4v) is 3.15. The lowest BCUT2D eigenvalue weighted by molar-refractivity contribution is 0.135. The van der Waals surface area contributed by atoms with Crippen LogP contribution in [0.3, 0.4) is 0 Å². The molecule has 0 aromatic rings. The molecule has 58 valence electrons. The van der Waals surface area contributed by atoms with Crippen LogP contribution in [-0.2, 0) is 4.74 Å². The highest BCUT2D eigenvalue weighted by molar-refractivity contribution is 8.00. The maximum absolute atomic E-state index is 5.40. The second-order valence-corrected chi connectivity index (χ2v) is 4.81. The van der Waals surface area contributed by atoms with Crippen LogP contribution < -0.4 is 0 Å². The molecule has 1 saturated carbocycles. The average molecular weight is 158 g/mol. The highest BCUT2D eigenvalue weighted by Crippen LogP contribution is 2.47. The van der Waals surface area contributed by atoms with Crippen molar-refractivity contribution in [3.05, 3.63) is 0 Å². The molecule has 1 aliphatic carbocycles. The van der Waals surface area contributed by atoms with Gasteiger partial charge in [0, 0.05) is 17.1 Å². The van der Waals surface area contributed by atoms with Crippen LogP contribution in [0.2, 0.25) is 0 Å². The molecule has 1 aliphatic heterocycles. The van der Waals surface area contributed by atoms with E-state index in [-0.39, 0.29) is 0 Å².